The van der Waals surface area contributed by atoms with E-state index in [0.717, 1.165) is 35.4 Å². The van der Waals surface area contributed by atoms with Crippen LogP contribution in [0.4, 0.5) is 5.95 Å². The zero-order valence-electron chi connectivity index (χ0n) is 13.1. The lowest BCUT2D eigenvalue weighted by atomic mass is 9.96. The fourth-order valence-electron chi connectivity index (χ4n) is 2.79. The Morgan fingerprint density at radius 1 is 1.21 bits per heavy atom. The van der Waals surface area contributed by atoms with E-state index in [2.05, 4.69) is 15.3 Å². The Morgan fingerprint density at radius 2 is 2.04 bits per heavy atom. The number of benzene rings is 1. The number of nitrogens with one attached hydrogen (secondary N) is 1. The normalized spacial score (nSPS) is 12.2. The van der Waals surface area contributed by atoms with E-state index >= 15 is 0 Å². The van der Waals surface area contributed by atoms with E-state index in [1.165, 1.54) is 0 Å². The number of methoxy groups -OCH3 is 1. The number of aryl methyl sites for hydroxylation is 2. The minimum absolute atomic E-state index is 0.263. The van der Waals surface area contributed by atoms with Crippen molar-refractivity contribution in [2.24, 2.45) is 0 Å². The molecule has 0 radical (unpaired) electrons. The van der Waals surface area contributed by atoms with Gasteiger partial charge in [0.25, 0.3) is 5.91 Å². The summed E-state index contributed by atoms with van der Waals surface area (Å²) in [5.41, 5.74) is 3.37. The standard InChI is InChI=1S/C18H15N3O3/c1-23-13-5-2-11(3-6-13)17(22)21-18-19-10-12-4-7-15-14(8-9-24-15)16(12)20-18/h2-3,5-6,8-10H,4,7H2,1H3,(H,19,20,21,22). The molecule has 0 unspecified atom stereocenters. The Balaban J connectivity index is 1.59. The first-order valence-electron chi connectivity index (χ1n) is 7.62. The van der Waals surface area contributed by atoms with Gasteiger partial charge in [-0.05, 0) is 42.3 Å². The van der Waals surface area contributed by atoms with Crippen LogP contribution in [0.15, 0.2) is 47.2 Å². The van der Waals surface area contributed by atoms with Gasteiger partial charge in [-0.15, -0.1) is 0 Å². The van der Waals surface area contributed by atoms with Gasteiger partial charge in [0.2, 0.25) is 5.95 Å². The molecule has 3 aromatic rings. The monoisotopic (exact) mass is 321 g/mol. The van der Waals surface area contributed by atoms with Crippen LogP contribution in [0.3, 0.4) is 0 Å². The first-order chi connectivity index (χ1) is 11.7. The van der Waals surface area contributed by atoms with Crippen LogP contribution in [0, 0.1) is 0 Å². The second kappa shape index (κ2) is 5.81. The zero-order valence-corrected chi connectivity index (χ0v) is 13.1. The van der Waals surface area contributed by atoms with Gasteiger partial charge in [0, 0.05) is 23.7 Å². The van der Waals surface area contributed by atoms with Gasteiger partial charge in [-0.3, -0.25) is 10.1 Å². The first kappa shape index (κ1) is 14.4. The third-order valence-corrected chi connectivity index (χ3v) is 4.06. The second-order valence-corrected chi connectivity index (χ2v) is 5.51. The minimum atomic E-state index is -0.263. The van der Waals surface area contributed by atoms with E-state index in [0.29, 0.717) is 11.3 Å². The second-order valence-electron chi connectivity index (χ2n) is 5.51. The highest BCUT2D eigenvalue weighted by Crippen LogP contribution is 2.32. The Morgan fingerprint density at radius 3 is 2.83 bits per heavy atom. The van der Waals surface area contributed by atoms with Crippen molar-refractivity contribution in [3.05, 3.63) is 59.7 Å². The van der Waals surface area contributed by atoms with Gasteiger partial charge in [0.15, 0.2) is 0 Å². The Labute approximate surface area is 138 Å². The van der Waals surface area contributed by atoms with Crippen LogP contribution in [0.2, 0.25) is 0 Å². The third-order valence-electron chi connectivity index (χ3n) is 4.06. The van der Waals surface area contributed by atoms with E-state index in [9.17, 15) is 4.79 Å². The molecule has 24 heavy (non-hydrogen) atoms. The number of hydrogen-bond donors (Lipinski definition) is 1. The van der Waals surface area contributed by atoms with Crippen molar-refractivity contribution in [2.45, 2.75) is 12.8 Å². The van der Waals surface area contributed by atoms with Gasteiger partial charge in [-0.25, -0.2) is 9.97 Å². The molecule has 1 aliphatic carbocycles. The van der Waals surface area contributed by atoms with E-state index in [1.54, 1.807) is 43.8 Å². The third kappa shape index (κ3) is 2.52. The molecule has 0 saturated carbocycles. The van der Waals surface area contributed by atoms with Gasteiger partial charge in [0.1, 0.15) is 11.5 Å². The van der Waals surface area contributed by atoms with Crippen molar-refractivity contribution in [3.63, 3.8) is 0 Å². The molecule has 0 fully saturated rings. The highest BCUT2D eigenvalue weighted by atomic mass is 16.5. The Bertz CT molecular complexity index is 900. The molecule has 6 heteroatoms. The van der Waals surface area contributed by atoms with Crippen LogP contribution in [0.25, 0.3) is 11.3 Å². The number of anilines is 1. The SMILES string of the molecule is COc1ccc(C(=O)Nc2ncc3c(n2)-c2ccoc2CC3)cc1. The van der Waals surface area contributed by atoms with E-state index < -0.39 is 0 Å². The average Bonchev–Trinajstić information content (AvgIpc) is 3.11. The summed E-state index contributed by atoms with van der Waals surface area (Å²) in [6.45, 7) is 0. The number of amides is 1. The number of hydrogen-bond acceptors (Lipinski definition) is 5. The molecule has 0 aliphatic heterocycles. The van der Waals surface area contributed by atoms with Crippen molar-refractivity contribution in [2.75, 3.05) is 12.4 Å². The smallest absolute Gasteiger partial charge is 0.258 e. The summed E-state index contributed by atoms with van der Waals surface area (Å²) in [5.74, 6) is 1.64. The number of carbonyl (C=O) groups excluding carboxylic acids is 1. The summed E-state index contributed by atoms with van der Waals surface area (Å²) >= 11 is 0. The van der Waals surface area contributed by atoms with E-state index in [4.69, 9.17) is 9.15 Å². The van der Waals surface area contributed by atoms with Crippen molar-refractivity contribution >= 4 is 11.9 Å². The van der Waals surface area contributed by atoms with Crippen LogP contribution >= 0.6 is 0 Å². The molecule has 2 heterocycles. The van der Waals surface area contributed by atoms with Crippen LogP contribution < -0.4 is 10.1 Å². The minimum Gasteiger partial charge on any atom is -0.497 e. The largest absolute Gasteiger partial charge is 0.497 e. The van der Waals surface area contributed by atoms with E-state index in [-0.39, 0.29) is 11.9 Å². The van der Waals surface area contributed by atoms with Crippen molar-refractivity contribution < 1.29 is 13.9 Å². The maximum Gasteiger partial charge on any atom is 0.258 e. The quantitative estimate of drug-likeness (QED) is 0.802. The predicted molar refractivity (Wildman–Crippen MR) is 88.1 cm³/mol. The molecule has 6 nitrogen and oxygen atoms in total. The molecule has 1 N–H and O–H groups in total. The lowest BCUT2D eigenvalue weighted by Crippen LogP contribution is -2.15. The molecule has 0 saturated heterocycles. The maximum absolute atomic E-state index is 12.3. The lowest BCUT2D eigenvalue weighted by molar-refractivity contribution is 0.102. The van der Waals surface area contributed by atoms with Crippen LogP contribution in [-0.4, -0.2) is 23.0 Å². The summed E-state index contributed by atoms with van der Waals surface area (Å²) in [4.78, 5) is 21.1. The number of rotatable bonds is 3. The molecule has 1 aliphatic rings. The summed E-state index contributed by atoms with van der Waals surface area (Å²) in [7, 11) is 1.58. The highest BCUT2D eigenvalue weighted by Gasteiger charge is 2.21. The molecule has 4 rings (SSSR count). The van der Waals surface area contributed by atoms with Crippen molar-refractivity contribution in [1.29, 1.82) is 0 Å². The maximum atomic E-state index is 12.3. The molecule has 0 spiro atoms. The fraction of sp³-hybridized carbons (Fsp3) is 0.167. The summed E-state index contributed by atoms with van der Waals surface area (Å²) in [6, 6.07) is 8.76. The summed E-state index contributed by atoms with van der Waals surface area (Å²) in [5, 5.41) is 2.74. The number of carbonyl (C=O) groups is 1. The average molecular weight is 321 g/mol. The Kier molecular flexibility index (Phi) is 3.49. The first-order valence-corrected chi connectivity index (χ1v) is 7.62. The highest BCUT2D eigenvalue weighted by molar-refractivity contribution is 6.03. The van der Waals surface area contributed by atoms with Gasteiger partial charge in [-0.1, -0.05) is 0 Å². The van der Waals surface area contributed by atoms with Crippen molar-refractivity contribution in [3.8, 4) is 17.0 Å². The number of ether oxygens (including phenoxy) is 1. The fourth-order valence-corrected chi connectivity index (χ4v) is 2.79. The van der Waals surface area contributed by atoms with Crippen LogP contribution in [0.1, 0.15) is 21.7 Å². The Hall–Kier alpha value is -3.15. The number of fused-ring (bicyclic) bond motifs is 3. The molecule has 0 bridgehead atoms. The van der Waals surface area contributed by atoms with Crippen LogP contribution in [-0.2, 0) is 12.8 Å². The number of nitrogens with zero attached hydrogens (tertiary/aromatic N) is 2. The molecular weight excluding hydrogens is 306 g/mol. The van der Waals surface area contributed by atoms with E-state index in [1.807, 2.05) is 6.07 Å². The topological polar surface area (TPSA) is 77.2 Å². The molecule has 0 atom stereocenters. The molecule has 120 valence electrons. The van der Waals surface area contributed by atoms with Gasteiger partial charge >= 0.3 is 0 Å². The zero-order chi connectivity index (χ0) is 16.5. The molecular formula is C18H15N3O3. The lowest BCUT2D eigenvalue weighted by Gasteiger charge is -2.14. The molecule has 2 aromatic heterocycles. The van der Waals surface area contributed by atoms with Crippen LogP contribution in [0.5, 0.6) is 5.75 Å². The van der Waals surface area contributed by atoms with Crippen molar-refractivity contribution in [1.82, 2.24) is 9.97 Å². The van der Waals surface area contributed by atoms with Gasteiger partial charge in [0.05, 0.1) is 19.1 Å². The summed E-state index contributed by atoms with van der Waals surface area (Å²) in [6.07, 6.45) is 5.11. The van der Waals surface area contributed by atoms with Gasteiger partial charge in [-0.2, -0.15) is 0 Å². The number of furan rings is 1. The summed E-state index contributed by atoms with van der Waals surface area (Å²) < 4.78 is 10.6. The van der Waals surface area contributed by atoms with Gasteiger partial charge < -0.3 is 9.15 Å². The molecule has 1 amide bonds. The predicted octanol–water partition coefficient (Wildman–Crippen LogP) is 3.10. The number of aromatic nitrogens is 2. The molecule has 1 aromatic carbocycles.